The maximum Gasteiger partial charge on any atom is 0.294 e. The molecule has 0 aromatic heterocycles. The zero-order valence-corrected chi connectivity index (χ0v) is 23.4. The fraction of sp³-hybridized carbons (Fsp3) is 0.179. The number of thioether (sulfide) groups is 1. The molecule has 0 bridgehead atoms. The topological polar surface area (TPSA) is 94.2 Å². The van der Waals surface area contributed by atoms with Crippen LogP contribution >= 0.6 is 27.7 Å². The Bertz CT molecular complexity index is 1450. The molecular weight excluding hydrogens is 591 g/mol. The molecule has 1 fully saturated rings. The van der Waals surface area contributed by atoms with Crippen LogP contribution in [-0.2, 0) is 16.2 Å². The molecule has 1 aliphatic rings. The number of halogens is 2. The van der Waals surface area contributed by atoms with Crippen LogP contribution in [0.2, 0.25) is 0 Å². The molecule has 0 saturated carbocycles. The average Bonchev–Trinajstić information content (AvgIpc) is 3.16. The van der Waals surface area contributed by atoms with Crippen molar-refractivity contribution in [3.05, 3.63) is 87.0 Å². The van der Waals surface area contributed by atoms with Crippen LogP contribution in [0.3, 0.4) is 0 Å². The van der Waals surface area contributed by atoms with Gasteiger partial charge < -0.3 is 19.5 Å². The van der Waals surface area contributed by atoms with Gasteiger partial charge in [0.25, 0.3) is 11.1 Å². The number of amides is 3. The number of nitrogens with one attached hydrogen (secondary N) is 1. The molecule has 0 aliphatic carbocycles. The molecule has 11 heteroatoms. The van der Waals surface area contributed by atoms with Crippen molar-refractivity contribution in [3.63, 3.8) is 0 Å². The van der Waals surface area contributed by atoms with Crippen molar-refractivity contribution in [2.45, 2.75) is 13.5 Å². The summed E-state index contributed by atoms with van der Waals surface area (Å²) in [5, 5.41) is 2.10. The van der Waals surface area contributed by atoms with Crippen molar-refractivity contribution in [2.75, 3.05) is 25.6 Å². The van der Waals surface area contributed by atoms with Gasteiger partial charge in [-0.05, 0) is 76.6 Å². The first-order valence-electron chi connectivity index (χ1n) is 11.8. The van der Waals surface area contributed by atoms with Crippen molar-refractivity contribution in [1.82, 2.24) is 4.90 Å². The Morgan fingerprint density at radius 2 is 1.82 bits per heavy atom. The molecule has 4 rings (SSSR count). The average molecular weight is 615 g/mol. The molecular formula is C28H24BrFN2O6S. The smallest absolute Gasteiger partial charge is 0.294 e. The number of nitrogens with zero attached hydrogens (tertiary/aromatic N) is 1. The summed E-state index contributed by atoms with van der Waals surface area (Å²) in [4.78, 5) is 39.2. The second-order valence-corrected chi connectivity index (χ2v) is 10.0. The van der Waals surface area contributed by atoms with Gasteiger partial charge in [-0.25, -0.2) is 4.39 Å². The molecule has 1 N–H and O–H groups in total. The number of benzene rings is 3. The molecule has 39 heavy (non-hydrogen) atoms. The standard InChI is InChI=1S/C28H24BrFN2O6S/c1-3-37-23-13-17(12-19(29)26(23)38-16-18-8-4-5-9-20(18)30)14-24-27(34)32(28(35)39-24)15-25(33)31-21-10-6-7-11-22(21)36-2/h4-14H,3,15-16H2,1-2H3,(H,31,33)/b24-14-. The SMILES string of the molecule is CCOc1cc(/C=C2\SC(=O)N(CC(=O)Nc3ccccc3OC)C2=O)cc(Br)c1OCc1ccccc1F. The summed E-state index contributed by atoms with van der Waals surface area (Å²) >= 11 is 4.20. The van der Waals surface area contributed by atoms with Gasteiger partial charge in [0.1, 0.15) is 24.7 Å². The number of hydrogen-bond acceptors (Lipinski definition) is 7. The lowest BCUT2D eigenvalue weighted by Crippen LogP contribution is -2.36. The lowest BCUT2D eigenvalue weighted by Gasteiger charge is -2.15. The van der Waals surface area contributed by atoms with E-state index in [1.54, 1.807) is 54.6 Å². The number of carbonyl (C=O) groups excluding carboxylic acids is 3. The van der Waals surface area contributed by atoms with Crippen LogP contribution in [0.4, 0.5) is 14.9 Å². The van der Waals surface area contributed by atoms with E-state index in [4.69, 9.17) is 14.2 Å². The Balaban J connectivity index is 1.50. The van der Waals surface area contributed by atoms with E-state index in [0.717, 1.165) is 16.7 Å². The molecule has 0 unspecified atom stereocenters. The lowest BCUT2D eigenvalue weighted by atomic mass is 10.1. The molecule has 0 atom stereocenters. The minimum atomic E-state index is -0.589. The number of para-hydroxylation sites is 2. The summed E-state index contributed by atoms with van der Waals surface area (Å²) in [6, 6.07) is 16.5. The molecule has 1 aliphatic heterocycles. The Morgan fingerprint density at radius 3 is 2.56 bits per heavy atom. The van der Waals surface area contributed by atoms with E-state index in [-0.39, 0.29) is 17.3 Å². The number of hydrogen-bond donors (Lipinski definition) is 1. The summed E-state index contributed by atoms with van der Waals surface area (Å²) in [7, 11) is 1.48. The Labute approximate surface area is 237 Å². The van der Waals surface area contributed by atoms with Gasteiger partial charge >= 0.3 is 0 Å². The molecule has 3 aromatic rings. The maximum absolute atomic E-state index is 14.0. The highest BCUT2D eigenvalue weighted by molar-refractivity contribution is 9.10. The first kappa shape index (κ1) is 28.2. The van der Waals surface area contributed by atoms with Crippen LogP contribution in [0.15, 0.2) is 70.0 Å². The van der Waals surface area contributed by atoms with Gasteiger partial charge in [0.05, 0.1) is 28.8 Å². The van der Waals surface area contributed by atoms with Crippen molar-refractivity contribution in [3.8, 4) is 17.2 Å². The van der Waals surface area contributed by atoms with Crippen molar-refractivity contribution < 1.29 is 33.0 Å². The zero-order chi connectivity index (χ0) is 27.9. The van der Waals surface area contributed by atoms with Crippen LogP contribution in [0.25, 0.3) is 6.08 Å². The zero-order valence-electron chi connectivity index (χ0n) is 21.0. The van der Waals surface area contributed by atoms with Gasteiger partial charge in [-0.15, -0.1) is 0 Å². The largest absolute Gasteiger partial charge is 0.495 e. The number of carbonyl (C=O) groups is 3. The van der Waals surface area contributed by atoms with Gasteiger partial charge in [-0.3, -0.25) is 19.3 Å². The van der Waals surface area contributed by atoms with Crippen molar-refractivity contribution in [2.24, 2.45) is 0 Å². The number of ether oxygens (including phenoxy) is 3. The monoisotopic (exact) mass is 614 g/mol. The molecule has 8 nitrogen and oxygen atoms in total. The summed E-state index contributed by atoms with van der Waals surface area (Å²) in [6.45, 7) is 1.68. The summed E-state index contributed by atoms with van der Waals surface area (Å²) in [5.74, 6) is -0.300. The third-order valence-electron chi connectivity index (χ3n) is 5.52. The predicted octanol–water partition coefficient (Wildman–Crippen LogP) is 6.25. The molecule has 3 amide bonds. The van der Waals surface area contributed by atoms with Crippen LogP contribution in [0.1, 0.15) is 18.1 Å². The van der Waals surface area contributed by atoms with E-state index in [9.17, 15) is 18.8 Å². The molecule has 3 aromatic carbocycles. The molecule has 202 valence electrons. The predicted molar refractivity (Wildman–Crippen MR) is 150 cm³/mol. The number of imide groups is 1. The third kappa shape index (κ3) is 6.79. The molecule has 1 saturated heterocycles. The van der Waals surface area contributed by atoms with Crippen LogP contribution < -0.4 is 19.5 Å². The van der Waals surface area contributed by atoms with E-state index >= 15 is 0 Å². The highest BCUT2D eigenvalue weighted by atomic mass is 79.9. The van der Waals surface area contributed by atoms with Crippen LogP contribution in [0.5, 0.6) is 17.2 Å². The Kier molecular flexibility index (Phi) is 9.26. The Hall–Kier alpha value is -3.83. The van der Waals surface area contributed by atoms with E-state index in [0.29, 0.717) is 45.1 Å². The van der Waals surface area contributed by atoms with Crippen molar-refractivity contribution >= 4 is 56.5 Å². The minimum Gasteiger partial charge on any atom is -0.495 e. The Morgan fingerprint density at radius 1 is 1.08 bits per heavy atom. The third-order valence-corrected chi connectivity index (χ3v) is 7.01. The van der Waals surface area contributed by atoms with E-state index in [2.05, 4.69) is 21.2 Å². The van der Waals surface area contributed by atoms with E-state index in [1.807, 2.05) is 6.92 Å². The van der Waals surface area contributed by atoms with Crippen molar-refractivity contribution in [1.29, 1.82) is 0 Å². The number of anilines is 1. The highest BCUT2D eigenvalue weighted by Gasteiger charge is 2.36. The summed E-state index contributed by atoms with van der Waals surface area (Å²) in [5.41, 5.74) is 1.38. The van der Waals surface area contributed by atoms with Gasteiger partial charge in [0.2, 0.25) is 5.91 Å². The molecule has 0 radical (unpaired) electrons. The fourth-order valence-electron chi connectivity index (χ4n) is 3.71. The maximum atomic E-state index is 14.0. The fourth-order valence-corrected chi connectivity index (χ4v) is 5.12. The summed E-state index contributed by atoms with van der Waals surface area (Å²) in [6.07, 6.45) is 1.54. The molecule has 1 heterocycles. The van der Waals surface area contributed by atoms with Gasteiger partial charge in [0, 0.05) is 5.56 Å². The van der Waals surface area contributed by atoms with Gasteiger partial charge in [-0.1, -0.05) is 30.3 Å². The van der Waals surface area contributed by atoms with E-state index in [1.165, 1.54) is 19.3 Å². The first-order valence-corrected chi connectivity index (χ1v) is 13.4. The minimum absolute atomic E-state index is 0.0134. The van der Waals surface area contributed by atoms with E-state index < -0.39 is 23.6 Å². The second-order valence-electron chi connectivity index (χ2n) is 8.16. The number of methoxy groups -OCH3 is 1. The van der Waals surface area contributed by atoms with Crippen LogP contribution in [0, 0.1) is 5.82 Å². The lowest BCUT2D eigenvalue weighted by molar-refractivity contribution is -0.127. The first-order chi connectivity index (χ1) is 18.8. The molecule has 0 spiro atoms. The van der Waals surface area contributed by atoms with Crippen LogP contribution in [-0.4, -0.2) is 42.2 Å². The van der Waals surface area contributed by atoms with Gasteiger partial charge in [0.15, 0.2) is 11.5 Å². The number of rotatable bonds is 10. The quantitative estimate of drug-likeness (QED) is 0.270. The van der Waals surface area contributed by atoms with Gasteiger partial charge in [-0.2, -0.15) is 0 Å². The normalized spacial score (nSPS) is 14.1. The second kappa shape index (κ2) is 12.8. The highest BCUT2D eigenvalue weighted by Crippen LogP contribution is 2.40. The summed E-state index contributed by atoms with van der Waals surface area (Å²) < 4.78 is 31.3.